The van der Waals surface area contributed by atoms with Crippen LogP contribution in [0.5, 0.6) is 0 Å². The largest absolute Gasteiger partial charge is 0.481 e. The zero-order chi connectivity index (χ0) is 13.7. The van der Waals surface area contributed by atoms with Crippen LogP contribution >= 0.6 is 11.8 Å². The average molecular weight is 283 g/mol. The van der Waals surface area contributed by atoms with Gasteiger partial charge in [0.2, 0.25) is 0 Å². The first-order chi connectivity index (χ1) is 9.16. The zero-order valence-electron chi connectivity index (χ0n) is 11.3. The molecule has 0 aromatic carbocycles. The van der Waals surface area contributed by atoms with Gasteiger partial charge in [0.1, 0.15) is 5.82 Å². The van der Waals surface area contributed by atoms with Gasteiger partial charge in [-0.05, 0) is 12.3 Å². The van der Waals surface area contributed by atoms with Crippen molar-refractivity contribution in [1.82, 2.24) is 14.8 Å². The monoisotopic (exact) mass is 283 g/mol. The van der Waals surface area contributed by atoms with E-state index in [0.717, 1.165) is 18.2 Å². The summed E-state index contributed by atoms with van der Waals surface area (Å²) in [5.74, 6) is 1.02. The van der Waals surface area contributed by atoms with E-state index in [2.05, 4.69) is 10.2 Å². The number of nitrogens with zero attached hydrogens (tertiary/aromatic N) is 3. The second-order valence-corrected chi connectivity index (χ2v) is 6.13. The van der Waals surface area contributed by atoms with Crippen LogP contribution in [-0.2, 0) is 18.3 Å². The van der Waals surface area contributed by atoms with Gasteiger partial charge in [-0.1, -0.05) is 43.9 Å². The summed E-state index contributed by atoms with van der Waals surface area (Å²) in [6.45, 7) is 0. The highest BCUT2D eigenvalue weighted by Crippen LogP contribution is 2.27. The summed E-state index contributed by atoms with van der Waals surface area (Å²) in [6, 6.07) is 0. The molecule has 1 saturated carbocycles. The van der Waals surface area contributed by atoms with Crippen LogP contribution in [0, 0.1) is 5.92 Å². The van der Waals surface area contributed by atoms with E-state index in [9.17, 15) is 4.79 Å². The van der Waals surface area contributed by atoms with Gasteiger partial charge in [0.05, 0.1) is 5.75 Å². The second-order valence-electron chi connectivity index (χ2n) is 5.18. The quantitative estimate of drug-likeness (QED) is 0.812. The third-order valence-electron chi connectivity index (χ3n) is 3.75. The fourth-order valence-corrected chi connectivity index (χ4v) is 3.27. The van der Waals surface area contributed by atoms with Gasteiger partial charge in [0.15, 0.2) is 5.16 Å². The molecule has 19 heavy (non-hydrogen) atoms. The van der Waals surface area contributed by atoms with E-state index < -0.39 is 5.97 Å². The Balaban J connectivity index is 1.84. The Morgan fingerprint density at radius 3 is 2.79 bits per heavy atom. The van der Waals surface area contributed by atoms with Gasteiger partial charge in [-0.2, -0.15) is 0 Å². The van der Waals surface area contributed by atoms with Crippen LogP contribution in [0.1, 0.15) is 44.3 Å². The minimum Gasteiger partial charge on any atom is -0.481 e. The molecule has 1 N–H and O–H groups in total. The number of carbonyl (C=O) groups is 1. The van der Waals surface area contributed by atoms with Crippen molar-refractivity contribution in [2.24, 2.45) is 13.0 Å². The highest BCUT2D eigenvalue weighted by atomic mass is 32.2. The predicted molar refractivity (Wildman–Crippen MR) is 74.3 cm³/mol. The van der Waals surface area contributed by atoms with Crippen LogP contribution in [0.2, 0.25) is 0 Å². The maximum Gasteiger partial charge on any atom is 0.313 e. The molecule has 1 aliphatic carbocycles. The molecule has 0 atom stereocenters. The van der Waals surface area contributed by atoms with E-state index in [1.54, 1.807) is 0 Å². The number of hydrogen-bond donors (Lipinski definition) is 1. The van der Waals surface area contributed by atoms with Gasteiger partial charge in [-0.15, -0.1) is 10.2 Å². The molecule has 1 heterocycles. The van der Waals surface area contributed by atoms with E-state index in [1.807, 2.05) is 11.6 Å². The van der Waals surface area contributed by atoms with Gasteiger partial charge >= 0.3 is 5.97 Å². The van der Waals surface area contributed by atoms with Crippen molar-refractivity contribution in [3.8, 4) is 0 Å². The lowest BCUT2D eigenvalue weighted by atomic mass is 9.86. The lowest BCUT2D eigenvalue weighted by molar-refractivity contribution is -0.133. The molecule has 1 aliphatic rings. The normalized spacial score (nSPS) is 16.7. The van der Waals surface area contributed by atoms with Crippen molar-refractivity contribution >= 4 is 17.7 Å². The molecule has 1 aromatic heterocycles. The van der Waals surface area contributed by atoms with E-state index >= 15 is 0 Å². The lowest BCUT2D eigenvalue weighted by Gasteiger charge is -2.20. The summed E-state index contributed by atoms with van der Waals surface area (Å²) in [6.07, 6.45) is 8.93. The molecular formula is C13H21N3O2S. The maximum atomic E-state index is 10.5. The summed E-state index contributed by atoms with van der Waals surface area (Å²) < 4.78 is 1.93. The maximum absolute atomic E-state index is 10.5. The molecule has 1 fully saturated rings. The molecule has 106 valence electrons. The van der Waals surface area contributed by atoms with Crippen molar-refractivity contribution in [3.05, 3.63) is 5.82 Å². The van der Waals surface area contributed by atoms with Crippen LogP contribution in [0.4, 0.5) is 0 Å². The molecular weight excluding hydrogens is 262 g/mol. The van der Waals surface area contributed by atoms with Crippen molar-refractivity contribution in [1.29, 1.82) is 0 Å². The standard InChI is InChI=1S/C13H21N3O2S/c1-16-11(8-7-10-5-3-2-4-6-10)14-15-13(16)19-9-12(17)18/h10H,2-9H2,1H3,(H,17,18). The first kappa shape index (κ1) is 14.4. The number of carboxylic acid groups (broad SMARTS) is 1. The molecule has 0 unspecified atom stereocenters. The highest BCUT2D eigenvalue weighted by Gasteiger charge is 2.16. The van der Waals surface area contributed by atoms with Crippen molar-refractivity contribution in [2.45, 2.75) is 50.1 Å². The van der Waals surface area contributed by atoms with Crippen LogP contribution < -0.4 is 0 Å². The van der Waals surface area contributed by atoms with E-state index in [4.69, 9.17) is 5.11 Å². The number of aliphatic carboxylic acids is 1. The summed E-state index contributed by atoms with van der Waals surface area (Å²) in [5, 5.41) is 17.6. The van der Waals surface area contributed by atoms with Gasteiger partial charge in [0, 0.05) is 13.5 Å². The summed E-state index contributed by atoms with van der Waals surface area (Å²) in [7, 11) is 1.92. The fourth-order valence-electron chi connectivity index (χ4n) is 2.62. The topological polar surface area (TPSA) is 68.0 Å². The summed E-state index contributed by atoms with van der Waals surface area (Å²) in [4.78, 5) is 10.5. The molecule has 0 bridgehead atoms. The van der Waals surface area contributed by atoms with Crippen molar-refractivity contribution in [2.75, 3.05) is 5.75 Å². The van der Waals surface area contributed by atoms with Crippen molar-refractivity contribution < 1.29 is 9.90 Å². The lowest BCUT2D eigenvalue weighted by Crippen LogP contribution is -2.09. The minimum atomic E-state index is -0.822. The molecule has 0 spiro atoms. The molecule has 2 rings (SSSR count). The Kier molecular flexibility index (Phi) is 5.24. The Morgan fingerprint density at radius 2 is 2.11 bits per heavy atom. The Labute approximate surface area is 117 Å². The molecule has 0 radical (unpaired) electrons. The van der Waals surface area contributed by atoms with Crippen LogP contribution in [0.15, 0.2) is 5.16 Å². The SMILES string of the molecule is Cn1c(CCC2CCCCC2)nnc1SCC(=O)O. The molecule has 0 aliphatic heterocycles. The Bertz CT molecular complexity index is 428. The number of hydrogen-bond acceptors (Lipinski definition) is 4. The van der Waals surface area contributed by atoms with E-state index in [1.165, 1.54) is 50.3 Å². The number of thioether (sulfide) groups is 1. The van der Waals surface area contributed by atoms with E-state index in [0.29, 0.717) is 5.16 Å². The Morgan fingerprint density at radius 1 is 1.37 bits per heavy atom. The Hall–Kier alpha value is -1.04. The number of aromatic nitrogens is 3. The fraction of sp³-hybridized carbons (Fsp3) is 0.769. The third kappa shape index (κ3) is 4.23. The molecule has 5 nitrogen and oxygen atoms in total. The highest BCUT2D eigenvalue weighted by molar-refractivity contribution is 7.99. The zero-order valence-corrected chi connectivity index (χ0v) is 12.2. The first-order valence-electron chi connectivity index (χ1n) is 6.89. The van der Waals surface area contributed by atoms with Gasteiger partial charge in [-0.3, -0.25) is 4.79 Å². The molecule has 6 heteroatoms. The predicted octanol–water partition coefficient (Wildman–Crippen LogP) is 2.50. The smallest absolute Gasteiger partial charge is 0.313 e. The van der Waals surface area contributed by atoms with Gasteiger partial charge in [-0.25, -0.2) is 0 Å². The van der Waals surface area contributed by atoms with Crippen LogP contribution in [0.3, 0.4) is 0 Å². The first-order valence-corrected chi connectivity index (χ1v) is 7.88. The second kappa shape index (κ2) is 6.93. The number of aryl methyl sites for hydroxylation is 1. The average Bonchev–Trinajstić information content (AvgIpc) is 2.76. The molecule has 1 aromatic rings. The molecule has 0 saturated heterocycles. The molecule has 0 amide bonds. The van der Waals surface area contributed by atoms with Gasteiger partial charge < -0.3 is 9.67 Å². The minimum absolute atomic E-state index is 0.0363. The number of rotatable bonds is 6. The van der Waals surface area contributed by atoms with Gasteiger partial charge in [0.25, 0.3) is 0 Å². The summed E-state index contributed by atoms with van der Waals surface area (Å²) >= 11 is 1.23. The van der Waals surface area contributed by atoms with Crippen LogP contribution in [-0.4, -0.2) is 31.6 Å². The van der Waals surface area contributed by atoms with Crippen LogP contribution in [0.25, 0.3) is 0 Å². The third-order valence-corrected chi connectivity index (χ3v) is 4.76. The van der Waals surface area contributed by atoms with E-state index in [-0.39, 0.29) is 5.75 Å². The summed E-state index contributed by atoms with van der Waals surface area (Å²) in [5.41, 5.74) is 0. The number of carboxylic acids is 1. The van der Waals surface area contributed by atoms with Crippen molar-refractivity contribution in [3.63, 3.8) is 0 Å².